The lowest BCUT2D eigenvalue weighted by atomic mass is 9.80. The fourth-order valence-electron chi connectivity index (χ4n) is 3.40. The summed E-state index contributed by atoms with van der Waals surface area (Å²) in [5, 5.41) is 2.84. The minimum Gasteiger partial charge on any atom is -0.370 e. The van der Waals surface area contributed by atoms with Crippen molar-refractivity contribution in [1.82, 2.24) is 0 Å². The van der Waals surface area contributed by atoms with Crippen molar-refractivity contribution >= 4 is 0 Å². The maximum Gasteiger partial charge on any atom is 0.143 e. The predicted octanol–water partition coefficient (Wildman–Crippen LogP) is 5.33. The number of nitrogens with zero attached hydrogens (tertiary/aromatic N) is 1. The van der Waals surface area contributed by atoms with Crippen LogP contribution >= 0.6 is 0 Å². The van der Waals surface area contributed by atoms with Crippen LogP contribution in [0.1, 0.15) is 16.7 Å². The van der Waals surface area contributed by atoms with Crippen molar-refractivity contribution in [3.05, 3.63) is 125 Å². The van der Waals surface area contributed by atoms with E-state index < -0.39 is 5.60 Å². The average molecular weight is 387 g/mol. The number of rotatable bonds is 11. The summed E-state index contributed by atoms with van der Waals surface area (Å²) in [6.07, 6.45) is 1.34. The molecule has 3 aromatic carbocycles. The van der Waals surface area contributed by atoms with Gasteiger partial charge in [-0.1, -0.05) is 102 Å². The molecule has 0 bridgehead atoms. The van der Waals surface area contributed by atoms with E-state index in [-0.39, 0.29) is 25.9 Å². The fraction of sp³-hybridized carbons (Fsp3) is 0.200. The van der Waals surface area contributed by atoms with Gasteiger partial charge in [0.2, 0.25) is 0 Å². The zero-order chi connectivity index (χ0) is 20.4. The van der Waals surface area contributed by atoms with E-state index in [2.05, 4.69) is 48.2 Å². The Morgan fingerprint density at radius 1 is 0.828 bits per heavy atom. The molecule has 4 heteroatoms. The number of ether oxygens (including phenoxy) is 2. The molecule has 0 N–H and O–H groups in total. The topological polar surface area (TPSA) is 47.9 Å². The molecule has 1 unspecified atom stereocenters. The fourth-order valence-corrected chi connectivity index (χ4v) is 3.40. The lowest BCUT2D eigenvalue weighted by Gasteiger charge is -2.36. The predicted molar refractivity (Wildman–Crippen MR) is 116 cm³/mol. The third-order valence-electron chi connectivity index (χ3n) is 4.78. The normalized spacial score (nSPS) is 12.3. The molecule has 0 aliphatic rings. The zero-order valence-corrected chi connectivity index (χ0v) is 16.3. The standard InChI is InChI=1S/C25H25NO3/c1-2-24(28-19-18-26-27)20-29-25(21-12-6-3-7-13-21,22-14-8-4-9-15-22)23-16-10-5-11-17-23/h2-17,24H,1,18-20H2. The minimum absolute atomic E-state index is 0.103. The molecule has 0 saturated carbocycles. The summed E-state index contributed by atoms with van der Waals surface area (Å²) in [5.41, 5.74) is 2.26. The monoisotopic (exact) mass is 387 g/mol. The molecule has 0 fully saturated rings. The molecule has 4 nitrogen and oxygen atoms in total. The third-order valence-corrected chi connectivity index (χ3v) is 4.78. The van der Waals surface area contributed by atoms with Gasteiger partial charge in [-0.3, -0.25) is 0 Å². The van der Waals surface area contributed by atoms with E-state index in [0.717, 1.165) is 16.7 Å². The SMILES string of the molecule is C=CC(COC(c1ccccc1)(c1ccccc1)c1ccccc1)OCCN=O. The Bertz CT molecular complexity index is 785. The maximum absolute atomic E-state index is 10.4. The smallest absolute Gasteiger partial charge is 0.143 e. The maximum atomic E-state index is 10.4. The van der Waals surface area contributed by atoms with Gasteiger partial charge in [0.1, 0.15) is 12.1 Å². The summed E-state index contributed by atoms with van der Waals surface area (Å²) >= 11 is 0. The van der Waals surface area contributed by atoms with Crippen molar-refractivity contribution < 1.29 is 9.47 Å². The van der Waals surface area contributed by atoms with Gasteiger partial charge in [-0.2, -0.15) is 4.91 Å². The quantitative estimate of drug-likeness (QED) is 0.193. The van der Waals surface area contributed by atoms with Crippen LogP contribution in [0.2, 0.25) is 0 Å². The average Bonchev–Trinajstić information content (AvgIpc) is 2.80. The first-order valence-electron chi connectivity index (χ1n) is 9.65. The summed E-state index contributed by atoms with van der Waals surface area (Å²) < 4.78 is 12.4. The summed E-state index contributed by atoms with van der Waals surface area (Å²) in [5.74, 6) is 0. The summed E-state index contributed by atoms with van der Waals surface area (Å²) in [4.78, 5) is 10.4. The third kappa shape index (κ3) is 4.86. The number of hydrogen-bond acceptors (Lipinski definition) is 4. The van der Waals surface area contributed by atoms with Crippen molar-refractivity contribution in [2.75, 3.05) is 19.8 Å². The first kappa shape index (κ1) is 20.6. The summed E-state index contributed by atoms with van der Waals surface area (Å²) in [6.45, 7) is 4.46. The van der Waals surface area contributed by atoms with Crippen LogP contribution in [0.3, 0.4) is 0 Å². The second-order valence-electron chi connectivity index (χ2n) is 6.59. The van der Waals surface area contributed by atoms with Gasteiger partial charge in [0, 0.05) is 0 Å². The summed E-state index contributed by atoms with van der Waals surface area (Å²) in [6, 6.07) is 30.5. The molecule has 0 radical (unpaired) electrons. The molecule has 0 aromatic heterocycles. The van der Waals surface area contributed by atoms with Gasteiger partial charge in [0.25, 0.3) is 0 Å². The van der Waals surface area contributed by atoms with E-state index in [9.17, 15) is 4.91 Å². The summed E-state index contributed by atoms with van der Waals surface area (Å²) in [7, 11) is 0. The van der Waals surface area contributed by atoms with Crippen molar-refractivity contribution in [2.24, 2.45) is 5.18 Å². The Balaban J connectivity index is 2.05. The molecule has 1 atom stereocenters. The number of hydrogen-bond donors (Lipinski definition) is 0. The van der Waals surface area contributed by atoms with Crippen LogP contribution in [0.15, 0.2) is 109 Å². The highest BCUT2D eigenvalue weighted by Gasteiger charge is 2.37. The number of nitroso groups, excluding NO2 is 1. The molecule has 3 rings (SSSR count). The van der Waals surface area contributed by atoms with E-state index in [0.29, 0.717) is 0 Å². The van der Waals surface area contributed by atoms with Crippen LogP contribution in [0.5, 0.6) is 0 Å². The van der Waals surface area contributed by atoms with Crippen LogP contribution in [0.4, 0.5) is 0 Å². The van der Waals surface area contributed by atoms with E-state index in [1.807, 2.05) is 54.6 Å². The number of benzene rings is 3. The van der Waals surface area contributed by atoms with Gasteiger partial charge >= 0.3 is 0 Å². The van der Waals surface area contributed by atoms with Crippen molar-refractivity contribution in [2.45, 2.75) is 11.7 Å². The molecule has 3 aromatic rings. The molecule has 148 valence electrons. The van der Waals surface area contributed by atoms with Gasteiger partial charge in [0.15, 0.2) is 0 Å². The van der Waals surface area contributed by atoms with E-state index in [1.165, 1.54) is 0 Å². The first-order chi connectivity index (χ1) is 14.3. The Morgan fingerprint density at radius 3 is 1.66 bits per heavy atom. The van der Waals surface area contributed by atoms with Gasteiger partial charge in [0.05, 0.1) is 19.3 Å². The molecular formula is C25H25NO3. The van der Waals surface area contributed by atoms with E-state index in [4.69, 9.17) is 9.47 Å². The van der Waals surface area contributed by atoms with E-state index in [1.54, 1.807) is 6.08 Å². The van der Waals surface area contributed by atoms with Crippen LogP contribution in [0.25, 0.3) is 0 Å². The Labute approximate surface area is 171 Å². The first-order valence-corrected chi connectivity index (χ1v) is 9.65. The molecule has 0 aliphatic heterocycles. The minimum atomic E-state index is -0.808. The van der Waals surface area contributed by atoms with Gasteiger partial charge < -0.3 is 9.47 Å². The Hall–Kier alpha value is -3.08. The van der Waals surface area contributed by atoms with Gasteiger partial charge in [-0.15, -0.1) is 6.58 Å². The molecular weight excluding hydrogens is 362 g/mol. The van der Waals surface area contributed by atoms with Crippen LogP contribution in [-0.4, -0.2) is 25.9 Å². The van der Waals surface area contributed by atoms with Crippen molar-refractivity contribution in [1.29, 1.82) is 0 Å². The Kier molecular flexibility index (Phi) is 7.45. The molecule has 0 spiro atoms. The molecule has 29 heavy (non-hydrogen) atoms. The van der Waals surface area contributed by atoms with Crippen LogP contribution < -0.4 is 0 Å². The second kappa shape index (κ2) is 10.5. The highest BCUT2D eigenvalue weighted by Crippen LogP contribution is 2.40. The zero-order valence-electron chi connectivity index (χ0n) is 16.3. The lowest BCUT2D eigenvalue weighted by Crippen LogP contribution is -2.36. The van der Waals surface area contributed by atoms with Crippen LogP contribution in [-0.2, 0) is 15.1 Å². The van der Waals surface area contributed by atoms with Gasteiger partial charge in [-0.25, -0.2) is 0 Å². The molecule has 0 amide bonds. The molecule has 0 aliphatic carbocycles. The van der Waals surface area contributed by atoms with Crippen molar-refractivity contribution in [3.63, 3.8) is 0 Å². The highest BCUT2D eigenvalue weighted by atomic mass is 16.5. The highest BCUT2D eigenvalue weighted by molar-refractivity contribution is 5.47. The lowest BCUT2D eigenvalue weighted by molar-refractivity contribution is -0.0468. The molecule has 0 saturated heterocycles. The van der Waals surface area contributed by atoms with Gasteiger partial charge in [-0.05, 0) is 16.7 Å². The second-order valence-corrected chi connectivity index (χ2v) is 6.59. The Morgan fingerprint density at radius 2 is 1.28 bits per heavy atom. The van der Waals surface area contributed by atoms with E-state index >= 15 is 0 Å². The van der Waals surface area contributed by atoms with Crippen molar-refractivity contribution in [3.8, 4) is 0 Å². The van der Waals surface area contributed by atoms with Crippen LogP contribution in [0, 0.1) is 4.91 Å². The largest absolute Gasteiger partial charge is 0.370 e. The molecule has 0 heterocycles.